The molecule has 6 heteroatoms. The van der Waals surface area contributed by atoms with Gasteiger partial charge in [-0.05, 0) is 60.5 Å². The molecule has 23 heavy (non-hydrogen) atoms. The number of hydrogen-bond donors (Lipinski definition) is 1. The molecule has 1 aromatic heterocycles. The summed E-state index contributed by atoms with van der Waals surface area (Å²) in [5, 5.41) is 7.12. The summed E-state index contributed by atoms with van der Waals surface area (Å²) in [5.41, 5.74) is 1.11. The van der Waals surface area contributed by atoms with Crippen molar-refractivity contribution in [2.24, 2.45) is 0 Å². The number of nitrogens with one attached hydrogen (secondary N) is 1. The zero-order chi connectivity index (χ0) is 16.2. The topological polar surface area (TPSA) is 32.3 Å². The third-order valence-electron chi connectivity index (χ3n) is 4.16. The Morgan fingerprint density at radius 1 is 1.35 bits per heavy atom. The molecule has 0 bridgehead atoms. The van der Waals surface area contributed by atoms with Crippen LogP contribution in [0.4, 0.5) is 4.39 Å². The van der Waals surface area contributed by atoms with E-state index in [0.717, 1.165) is 13.1 Å². The Balaban J connectivity index is 1.72. The maximum atomic E-state index is 13.8. The lowest BCUT2D eigenvalue weighted by molar-refractivity contribution is 0.0934. The smallest absolute Gasteiger partial charge is 0.255 e. The van der Waals surface area contributed by atoms with Crippen molar-refractivity contribution in [2.75, 3.05) is 19.6 Å². The first-order valence-electron chi connectivity index (χ1n) is 7.65. The van der Waals surface area contributed by atoms with E-state index < -0.39 is 11.7 Å². The van der Waals surface area contributed by atoms with Crippen LogP contribution in [-0.4, -0.2) is 30.4 Å². The van der Waals surface area contributed by atoms with Gasteiger partial charge < -0.3 is 5.32 Å². The van der Waals surface area contributed by atoms with E-state index in [1.54, 1.807) is 11.3 Å². The molecule has 0 radical (unpaired) electrons. The van der Waals surface area contributed by atoms with Gasteiger partial charge in [0.25, 0.3) is 5.91 Å². The van der Waals surface area contributed by atoms with Crippen molar-refractivity contribution >= 4 is 28.8 Å². The largest absolute Gasteiger partial charge is 0.350 e. The zero-order valence-corrected chi connectivity index (χ0v) is 14.2. The minimum Gasteiger partial charge on any atom is -0.350 e. The number of carbonyl (C=O) groups is 1. The minimum absolute atomic E-state index is 0.0837. The first kappa shape index (κ1) is 16.4. The van der Waals surface area contributed by atoms with Crippen LogP contribution in [0.2, 0.25) is 5.02 Å². The molecule has 1 N–H and O–H groups in total. The quantitative estimate of drug-likeness (QED) is 0.878. The lowest BCUT2D eigenvalue weighted by Crippen LogP contribution is -2.37. The van der Waals surface area contributed by atoms with Gasteiger partial charge in [-0.1, -0.05) is 17.7 Å². The molecular formula is C17H18ClFN2OS. The average molecular weight is 353 g/mol. The number of amides is 1. The van der Waals surface area contributed by atoms with Crippen LogP contribution >= 0.6 is 22.9 Å². The molecule has 1 fully saturated rings. The molecule has 0 saturated carbocycles. The number of carbonyl (C=O) groups excluding carboxylic acids is 1. The van der Waals surface area contributed by atoms with Gasteiger partial charge in [-0.3, -0.25) is 9.69 Å². The van der Waals surface area contributed by atoms with E-state index in [4.69, 9.17) is 11.6 Å². The summed E-state index contributed by atoms with van der Waals surface area (Å²) in [6.07, 6.45) is 2.35. The Morgan fingerprint density at radius 2 is 2.13 bits per heavy atom. The maximum absolute atomic E-state index is 13.8. The highest BCUT2D eigenvalue weighted by Gasteiger charge is 2.25. The summed E-state index contributed by atoms with van der Waals surface area (Å²) in [6.45, 7) is 2.49. The second-order valence-electron chi connectivity index (χ2n) is 5.62. The van der Waals surface area contributed by atoms with Gasteiger partial charge in [0.05, 0.1) is 16.6 Å². The van der Waals surface area contributed by atoms with Crippen molar-refractivity contribution in [1.29, 1.82) is 0 Å². The first-order chi connectivity index (χ1) is 11.2. The van der Waals surface area contributed by atoms with E-state index >= 15 is 0 Å². The van der Waals surface area contributed by atoms with Crippen LogP contribution in [0.25, 0.3) is 0 Å². The van der Waals surface area contributed by atoms with Crippen molar-refractivity contribution in [3.05, 3.63) is 57.0 Å². The fourth-order valence-electron chi connectivity index (χ4n) is 2.97. The Bertz CT molecular complexity index is 651. The number of halogens is 2. The highest BCUT2D eigenvalue weighted by molar-refractivity contribution is 7.07. The Labute approximate surface area is 144 Å². The van der Waals surface area contributed by atoms with Crippen LogP contribution in [0.3, 0.4) is 0 Å². The second kappa shape index (κ2) is 7.43. The molecule has 1 atom stereocenters. The lowest BCUT2D eigenvalue weighted by Gasteiger charge is -2.27. The molecule has 1 unspecified atom stereocenters. The normalized spacial score (nSPS) is 16.4. The summed E-state index contributed by atoms with van der Waals surface area (Å²) in [4.78, 5) is 14.7. The summed E-state index contributed by atoms with van der Waals surface area (Å²) >= 11 is 7.60. The fraction of sp³-hybridized carbons (Fsp3) is 0.353. The molecule has 1 aliphatic heterocycles. The van der Waals surface area contributed by atoms with E-state index in [1.165, 1.54) is 36.6 Å². The van der Waals surface area contributed by atoms with Gasteiger partial charge in [0.2, 0.25) is 0 Å². The van der Waals surface area contributed by atoms with Crippen molar-refractivity contribution in [2.45, 2.75) is 18.9 Å². The third-order valence-corrected chi connectivity index (χ3v) is 5.17. The van der Waals surface area contributed by atoms with Gasteiger partial charge in [0.1, 0.15) is 5.82 Å². The number of hydrogen-bond acceptors (Lipinski definition) is 3. The number of thiophene rings is 1. The van der Waals surface area contributed by atoms with Gasteiger partial charge in [-0.2, -0.15) is 11.3 Å². The van der Waals surface area contributed by atoms with Crippen LogP contribution < -0.4 is 5.32 Å². The van der Waals surface area contributed by atoms with Crippen LogP contribution in [-0.2, 0) is 0 Å². The summed E-state index contributed by atoms with van der Waals surface area (Å²) in [7, 11) is 0. The zero-order valence-electron chi connectivity index (χ0n) is 12.6. The van der Waals surface area contributed by atoms with E-state index in [9.17, 15) is 9.18 Å². The number of benzene rings is 1. The molecule has 1 amide bonds. The first-order valence-corrected chi connectivity index (χ1v) is 8.97. The monoisotopic (exact) mass is 352 g/mol. The van der Waals surface area contributed by atoms with Crippen LogP contribution in [0.1, 0.15) is 34.8 Å². The van der Waals surface area contributed by atoms with Crippen LogP contribution in [0.15, 0.2) is 35.0 Å². The molecule has 122 valence electrons. The number of nitrogens with zero attached hydrogens (tertiary/aromatic N) is 1. The SMILES string of the molecule is O=C(NCC(c1ccsc1)N1CCCC1)c1c(F)cccc1Cl. The van der Waals surface area contributed by atoms with Gasteiger partial charge >= 0.3 is 0 Å². The summed E-state index contributed by atoms with van der Waals surface area (Å²) in [6, 6.07) is 6.47. The van der Waals surface area contributed by atoms with Gasteiger partial charge in [-0.15, -0.1) is 0 Å². The summed E-state index contributed by atoms with van der Waals surface area (Å²) in [5.74, 6) is -1.06. The maximum Gasteiger partial charge on any atom is 0.255 e. The predicted octanol–water partition coefficient (Wildman–Crippen LogP) is 4.11. The minimum atomic E-state index is -0.594. The molecule has 1 aromatic carbocycles. The lowest BCUT2D eigenvalue weighted by atomic mass is 10.1. The van der Waals surface area contributed by atoms with Crippen LogP contribution in [0.5, 0.6) is 0 Å². The second-order valence-corrected chi connectivity index (χ2v) is 6.81. The van der Waals surface area contributed by atoms with Crippen LogP contribution in [0, 0.1) is 5.82 Å². The predicted molar refractivity (Wildman–Crippen MR) is 91.6 cm³/mol. The molecular weight excluding hydrogens is 335 g/mol. The van der Waals surface area contributed by atoms with Crippen molar-refractivity contribution in [1.82, 2.24) is 10.2 Å². The number of rotatable bonds is 5. The highest BCUT2D eigenvalue weighted by atomic mass is 35.5. The fourth-order valence-corrected chi connectivity index (χ4v) is 3.92. The molecule has 2 heterocycles. The van der Waals surface area contributed by atoms with Crippen molar-refractivity contribution in [3.63, 3.8) is 0 Å². The van der Waals surface area contributed by atoms with Gasteiger partial charge in [0, 0.05) is 6.54 Å². The summed E-state index contributed by atoms with van der Waals surface area (Å²) < 4.78 is 13.8. The average Bonchev–Trinajstić information content (AvgIpc) is 3.21. The molecule has 0 aliphatic carbocycles. The molecule has 1 saturated heterocycles. The van der Waals surface area contributed by atoms with E-state index in [0.29, 0.717) is 6.54 Å². The van der Waals surface area contributed by atoms with E-state index in [2.05, 4.69) is 21.7 Å². The van der Waals surface area contributed by atoms with Gasteiger partial charge in [-0.25, -0.2) is 4.39 Å². The Kier molecular flexibility index (Phi) is 5.30. The molecule has 0 spiro atoms. The van der Waals surface area contributed by atoms with Crippen molar-refractivity contribution < 1.29 is 9.18 Å². The Morgan fingerprint density at radius 3 is 2.78 bits per heavy atom. The third kappa shape index (κ3) is 3.74. The Hall–Kier alpha value is -1.43. The van der Waals surface area contributed by atoms with E-state index in [1.807, 2.05) is 5.38 Å². The molecule has 3 rings (SSSR count). The molecule has 3 nitrogen and oxygen atoms in total. The highest BCUT2D eigenvalue weighted by Crippen LogP contribution is 2.26. The van der Waals surface area contributed by atoms with E-state index in [-0.39, 0.29) is 16.6 Å². The molecule has 1 aliphatic rings. The van der Waals surface area contributed by atoms with Gasteiger partial charge in [0.15, 0.2) is 0 Å². The number of likely N-dealkylation sites (tertiary alicyclic amines) is 1. The molecule has 2 aromatic rings. The van der Waals surface area contributed by atoms with Crippen molar-refractivity contribution in [3.8, 4) is 0 Å². The standard InChI is InChI=1S/C17H18ClFN2OS/c18-13-4-3-5-14(19)16(13)17(22)20-10-15(12-6-9-23-11-12)21-7-1-2-8-21/h3-6,9,11,15H,1-2,7-8,10H2,(H,20,22).